The molecule has 0 aliphatic carbocycles. The van der Waals surface area contributed by atoms with Crippen molar-refractivity contribution in [2.45, 2.75) is 12.8 Å². The number of hydrogen-bond donors (Lipinski definition) is 2. The molecule has 0 atom stereocenters. The molecule has 0 unspecified atom stereocenters. The molecule has 17 heavy (non-hydrogen) atoms. The van der Waals surface area contributed by atoms with Crippen LogP contribution in [0, 0.1) is 0 Å². The second-order valence-corrected chi connectivity index (χ2v) is 3.40. The average molecular weight is 242 g/mol. The van der Waals surface area contributed by atoms with E-state index < -0.39 is 6.29 Å². The second-order valence-electron chi connectivity index (χ2n) is 3.40. The number of carbonyl (C=O) groups is 1. The molecule has 0 aromatic carbocycles. The number of hydrogen-bond acceptors (Lipinski definition) is 5. The third-order valence-corrected chi connectivity index (χ3v) is 2.21. The van der Waals surface area contributed by atoms with E-state index in [1.807, 2.05) is 0 Å². The highest BCUT2D eigenvalue weighted by Gasteiger charge is 2.11. The molecule has 1 aromatic rings. The van der Waals surface area contributed by atoms with Crippen LogP contribution >= 0.6 is 0 Å². The number of amides is 1. The van der Waals surface area contributed by atoms with Gasteiger partial charge in [-0.3, -0.25) is 4.79 Å². The van der Waals surface area contributed by atoms with Crippen LogP contribution < -0.4 is 11.1 Å². The Morgan fingerprint density at radius 1 is 1.59 bits per heavy atom. The molecule has 0 fully saturated rings. The molecule has 7 nitrogen and oxygen atoms in total. The minimum Gasteiger partial charge on any atom is -0.354 e. The Bertz CT molecular complexity index is 349. The summed E-state index contributed by atoms with van der Waals surface area (Å²) < 4.78 is 11.7. The van der Waals surface area contributed by atoms with Crippen molar-refractivity contribution in [2.75, 3.05) is 27.3 Å². The summed E-state index contributed by atoms with van der Waals surface area (Å²) in [6.07, 6.45) is 2.77. The van der Waals surface area contributed by atoms with Gasteiger partial charge in [-0.1, -0.05) is 0 Å². The van der Waals surface area contributed by atoms with Crippen LogP contribution in [0.3, 0.4) is 0 Å². The van der Waals surface area contributed by atoms with Crippen molar-refractivity contribution in [3.05, 3.63) is 18.2 Å². The highest BCUT2D eigenvalue weighted by atomic mass is 16.7. The number of nitrogens with one attached hydrogen (secondary N) is 1. The number of ether oxygens (including phenoxy) is 2. The third kappa shape index (κ3) is 4.14. The van der Waals surface area contributed by atoms with Gasteiger partial charge < -0.3 is 25.1 Å². The van der Waals surface area contributed by atoms with E-state index in [1.165, 1.54) is 14.2 Å². The zero-order valence-electron chi connectivity index (χ0n) is 10.0. The molecule has 0 saturated heterocycles. The van der Waals surface area contributed by atoms with Gasteiger partial charge >= 0.3 is 0 Å². The van der Waals surface area contributed by atoms with E-state index in [0.717, 1.165) is 0 Å². The van der Waals surface area contributed by atoms with E-state index >= 15 is 0 Å². The van der Waals surface area contributed by atoms with Crippen molar-refractivity contribution in [1.82, 2.24) is 14.9 Å². The molecule has 1 rings (SSSR count). The molecule has 0 aliphatic heterocycles. The predicted molar refractivity (Wildman–Crippen MR) is 61.4 cm³/mol. The lowest BCUT2D eigenvalue weighted by atomic mass is 10.4. The molecular formula is C10H18N4O3. The van der Waals surface area contributed by atoms with Crippen LogP contribution in [0.4, 0.5) is 0 Å². The lowest BCUT2D eigenvalue weighted by Gasteiger charge is -2.13. The maximum absolute atomic E-state index is 11.7. The van der Waals surface area contributed by atoms with Gasteiger partial charge in [0, 0.05) is 33.5 Å². The predicted octanol–water partition coefficient (Wildman–Crippen LogP) is -0.809. The van der Waals surface area contributed by atoms with Crippen molar-refractivity contribution >= 4 is 5.91 Å². The molecule has 0 bridgehead atoms. The van der Waals surface area contributed by atoms with Gasteiger partial charge in [-0.05, 0) is 0 Å². The van der Waals surface area contributed by atoms with Gasteiger partial charge in [-0.15, -0.1) is 0 Å². The average Bonchev–Trinajstić information content (AvgIpc) is 2.79. The number of aromatic nitrogens is 2. The van der Waals surface area contributed by atoms with Crippen LogP contribution in [0.5, 0.6) is 0 Å². The van der Waals surface area contributed by atoms with Crippen LogP contribution in [-0.2, 0) is 16.0 Å². The minimum absolute atomic E-state index is 0.264. The standard InChI is InChI=1S/C10H18N4O3/c1-16-9(17-2)5-12-10(15)8-6-14(4-3-11)7-13-8/h6-7,9H,3-5,11H2,1-2H3,(H,12,15). The first-order valence-electron chi connectivity index (χ1n) is 5.27. The summed E-state index contributed by atoms with van der Waals surface area (Å²) in [5, 5.41) is 2.66. The SMILES string of the molecule is COC(CNC(=O)c1cn(CCN)cn1)OC. The van der Waals surface area contributed by atoms with Gasteiger partial charge in [0.1, 0.15) is 5.69 Å². The number of methoxy groups -OCH3 is 2. The molecular weight excluding hydrogens is 224 g/mol. The smallest absolute Gasteiger partial charge is 0.271 e. The van der Waals surface area contributed by atoms with Gasteiger partial charge in [0.15, 0.2) is 6.29 Å². The Labute approximate surface area is 99.9 Å². The summed E-state index contributed by atoms with van der Waals surface area (Å²) in [6, 6.07) is 0. The van der Waals surface area contributed by atoms with Gasteiger partial charge in [-0.2, -0.15) is 0 Å². The Balaban J connectivity index is 2.46. The summed E-state index contributed by atoms with van der Waals surface area (Å²) in [5.74, 6) is -0.264. The van der Waals surface area contributed by atoms with Gasteiger partial charge in [0.25, 0.3) is 5.91 Å². The van der Waals surface area contributed by atoms with E-state index in [2.05, 4.69) is 10.3 Å². The van der Waals surface area contributed by atoms with Crippen molar-refractivity contribution < 1.29 is 14.3 Å². The first-order chi connectivity index (χ1) is 8.21. The molecule has 1 aromatic heterocycles. The molecule has 96 valence electrons. The molecule has 1 amide bonds. The van der Waals surface area contributed by atoms with Crippen LogP contribution in [0.2, 0.25) is 0 Å². The number of imidazole rings is 1. The van der Waals surface area contributed by atoms with E-state index in [9.17, 15) is 4.79 Å². The normalized spacial score (nSPS) is 10.8. The maximum atomic E-state index is 11.7. The largest absolute Gasteiger partial charge is 0.354 e. The van der Waals surface area contributed by atoms with Crippen molar-refractivity contribution in [1.29, 1.82) is 0 Å². The summed E-state index contributed by atoms with van der Waals surface area (Å²) in [4.78, 5) is 15.6. The van der Waals surface area contributed by atoms with E-state index in [0.29, 0.717) is 18.8 Å². The van der Waals surface area contributed by atoms with Crippen LogP contribution in [-0.4, -0.2) is 49.1 Å². The van der Waals surface area contributed by atoms with Crippen LogP contribution in [0.25, 0.3) is 0 Å². The van der Waals surface area contributed by atoms with Crippen molar-refractivity contribution in [2.24, 2.45) is 5.73 Å². The first-order valence-corrected chi connectivity index (χ1v) is 5.27. The van der Waals surface area contributed by atoms with Crippen LogP contribution in [0.15, 0.2) is 12.5 Å². The van der Waals surface area contributed by atoms with E-state index in [1.54, 1.807) is 17.1 Å². The molecule has 1 heterocycles. The lowest BCUT2D eigenvalue weighted by molar-refractivity contribution is -0.0974. The van der Waals surface area contributed by atoms with E-state index in [-0.39, 0.29) is 12.5 Å². The Morgan fingerprint density at radius 2 is 2.29 bits per heavy atom. The summed E-state index contributed by atoms with van der Waals surface area (Å²) in [7, 11) is 3.02. The summed E-state index contributed by atoms with van der Waals surface area (Å²) in [6.45, 7) is 1.42. The topological polar surface area (TPSA) is 91.4 Å². The Kier molecular flexibility index (Phi) is 5.61. The Morgan fingerprint density at radius 3 is 2.88 bits per heavy atom. The molecule has 0 radical (unpaired) electrons. The zero-order valence-corrected chi connectivity index (χ0v) is 10.0. The van der Waals surface area contributed by atoms with Gasteiger partial charge in [0.05, 0.1) is 12.9 Å². The quantitative estimate of drug-likeness (QED) is 0.610. The molecule has 3 N–H and O–H groups in total. The van der Waals surface area contributed by atoms with E-state index in [4.69, 9.17) is 15.2 Å². The number of carbonyl (C=O) groups excluding carboxylic acids is 1. The Hall–Kier alpha value is -1.44. The maximum Gasteiger partial charge on any atom is 0.271 e. The zero-order chi connectivity index (χ0) is 12.7. The van der Waals surface area contributed by atoms with Crippen LogP contribution in [0.1, 0.15) is 10.5 Å². The number of rotatable bonds is 7. The molecule has 7 heteroatoms. The fourth-order valence-corrected chi connectivity index (χ4v) is 1.28. The highest BCUT2D eigenvalue weighted by molar-refractivity contribution is 5.91. The van der Waals surface area contributed by atoms with Gasteiger partial charge in [0.2, 0.25) is 0 Å². The van der Waals surface area contributed by atoms with Gasteiger partial charge in [-0.25, -0.2) is 4.98 Å². The third-order valence-electron chi connectivity index (χ3n) is 2.21. The number of nitrogens with zero attached hydrogens (tertiary/aromatic N) is 2. The highest BCUT2D eigenvalue weighted by Crippen LogP contribution is 1.96. The lowest BCUT2D eigenvalue weighted by Crippen LogP contribution is -2.34. The monoisotopic (exact) mass is 242 g/mol. The molecule has 0 saturated carbocycles. The fourth-order valence-electron chi connectivity index (χ4n) is 1.28. The molecule has 0 spiro atoms. The fraction of sp³-hybridized carbons (Fsp3) is 0.600. The van der Waals surface area contributed by atoms with Crippen molar-refractivity contribution in [3.63, 3.8) is 0 Å². The number of nitrogens with two attached hydrogens (primary N) is 1. The molecule has 0 aliphatic rings. The summed E-state index contributed by atoms with van der Waals surface area (Å²) in [5.41, 5.74) is 5.75. The summed E-state index contributed by atoms with van der Waals surface area (Å²) >= 11 is 0. The van der Waals surface area contributed by atoms with Crippen molar-refractivity contribution in [3.8, 4) is 0 Å². The first kappa shape index (κ1) is 13.6. The second kappa shape index (κ2) is 7.00. The minimum atomic E-state index is -0.454.